The third-order valence-electron chi connectivity index (χ3n) is 2.39. The van der Waals surface area contributed by atoms with E-state index in [1.54, 1.807) is 17.5 Å². The number of rotatable bonds is 3. The van der Waals surface area contributed by atoms with Gasteiger partial charge in [0.25, 0.3) is 0 Å². The fourth-order valence-corrected chi connectivity index (χ4v) is 3.07. The number of fused-ring (bicyclic) bond motifs is 1. The molecule has 3 aromatic rings. The molecule has 0 bridgehead atoms. The predicted octanol–water partition coefficient (Wildman–Crippen LogP) is 2.83. The van der Waals surface area contributed by atoms with E-state index in [0.29, 0.717) is 11.0 Å². The van der Waals surface area contributed by atoms with Gasteiger partial charge in [-0.15, -0.1) is 11.3 Å². The number of thiophene rings is 1. The highest BCUT2D eigenvalue weighted by Crippen LogP contribution is 2.31. The first-order valence-electron chi connectivity index (χ1n) is 5.48. The van der Waals surface area contributed by atoms with Gasteiger partial charge < -0.3 is 11.1 Å². The summed E-state index contributed by atoms with van der Waals surface area (Å²) in [7, 11) is 0. The van der Waals surface area contributed by atoms with Crippen molar-refractivity contribution in [3.8, 4) is 10.7 Å². The Bertz CT molecular complexity index is 688. The molecule has 0 saturated carbocycles. The predicted molar refractivity (Wildman–Crippen MR) is 77.1 cm³/mol. The second-order valence-electron chi connectivity index (χ2n) is 3.62. The highest BCUT2D eigenvalue weighted by atomic mass is 32.1. The van der Waals surface area contributed by atoms with Crippen molar-refractivity contribution in [1.29, 1.82) is 0 Å². The minimum atomic E-state index is 0.531. The van der Waals surface area contributed by atoms with Crippen molar-refractivity contribution in [3.63, 3.8) is 0 Å². The number of nitrogens with one attached hydrogen (secondary N) is 1. The van der Waals surface area contributed by atoms with E-state index in [9.17, 15) is 0 Å². The topological polar surface area (TPSA) is 76.7 Å². The van der Waals surface area contributed by atoms with Gasteiger partial charge in [-0.05, 0) is 18.4 Å². The van der Waals surface area contributed by atoms with E-state index in [0.717, 1.165) is 27.5 Å². The molecule has 0 fully saturated rings. The van der Waals surface area contributed by atoms with Crippen LogP contribution in [0.4, 0.5) is 10.9 Å². The fraction of sp³-hybridized carbons (Fsp3) is 0.182. The highest BCUT2D eigenvalue weighted by Gasteiger charge is 2.11. The minimum Gasteiger partial charge on any atom is -0.375 e. The Kier molecular flexibility index (Phi) is 2.85. The number of nitrogen functional groups attached to an aromatic ring is 1. The lowest BCUT2D eigenvalue weighted by Gasteiger charge is -2.05. The maximum absolute atomic E-state index is 5.64. The van der Waals surface area contributed by atoms with Crippen LogP contribution < -0.4 is 11.1 Å². The number of aromatic nitrogens is 3. The quantitative estimate of drug-likeness (QED) is 0.770. The molecule has 3 rings (SSSR count). The zero-order valence-electron chi connectivity index (χ0n) is 9.67. The van der Waals surface area contributed by atoms with Gasteiger partial charge in [0, 0.05) is 6.54 Å². The number of nitrogens with zero attached hydrogens (tertiary/aromatic N) is 3. The Morgan fingerprint density at radius 3 is 3.00 bits per heavy atom. The van der Waals surface area contributed by atoms with Gasteiger partial charge in [0.2, 0.25) is 0 Å². The van der Waals surface area contributed by atoms with Crippen molar-refractivity contribution in [2.75, 3.05) is 17.6 Å². The summed E-state index contributed by atoms with van der Waals surface area (Å²) in [5, 5.41) is 5.82. The average molecular weight is 277 g/mol. The fourth-order valence-electron chi connectivity index (χ4n) is 1.65. The second kappa shape index (κ2) is 4.51. The molecule has 5 nitrogen and oxygen atoms in total. The van der Waals surface area contributed by atoms with E-state index < -0.39 is 0 Å². The van der Waals surface area contributed by atoms with E-state index in [1.165, 1.54) is 11.3 Å². The molecule has 0 unspecified atom stereocenters. The van der Waals surface area contributed by atoms with Gasteiger partial charge in [-0.1, -0.05) is 11.3 Å². The molecule has 18 heavy (non-hydrogen) atoms. The van der Waals surface area contributed by atoms with Crippen LogP contribution in [-0.2, 0) is 0 Å². The molecule has 0 amide bonds. The Morgan fingerprint density at radius 1 is 1.39 bits per heavy atom. The lowest BCUT2D eigenvalue weighted by molar-refractivity contribution is 1.15. The molecule has 0 aliphatic carbocycles. The summed E-state index contributed by atoms with van der Waals surface area (Å²) >= 11 is 3.03. The summed E-state index contributed by atoms with van der Waals surface area (Å²) in [6, 6.07) is 2.00. The molecular formula is C11H11N5S2. The van der Waals surface area contributed by atoms with Crippen LogP contribution in [0, 0.1) is 0 Å². The van der Waals surface area contributed by atoms with Crippen LogP contribution in [0.5, 0.6) is 0 Å². The van der Waals surface area contributed by atoms with Gasteiger partial charge >= 0.3 is 0 Å². The Hall–Kier alpha value is -1.73. The van der Waals surface area contributed by atoms with E-state index in [1.807, 2.05) is 18.4 Å². The Balaban J connectivity index is 2.18. The molecule has 7 heteroatoms. The van der Waals surface area contributed by atoms with Crippen LogP contribution >= 0.6 is 22.7 Å². The van der Waals surface area contributed by atoms with Gasteiger partial charge in [-0.3, -0.25) is 0 Å². The van der Waals surface area contributed by atoms with Gasteiger partial charge in [-0.25, -0.2) is 15.0 Å². The molecule has 3 heterocycles. The monoisotopic (exact) mass is 277 g/mol. The van der Waals surface area contributed by atoms with Crippen molar-refractivity contribution in [1.82, 2.24) is 15.0 Å². The summed E-state index contributed by atoms with van der Waals surface area (Å²) in [6.45, 7) is 2.88. The summed E-state index contributed by atoms with van der Waals surface area (Å²) in [5.74, 6) is 1.55. The summed E-state index contributed by atoms with van der Waals surface area (Å²) in [6.07, 6.45) is 1.71. The summed E-state index contributed by atoms with van der Waals surface area (Å²) in [4.78, 5) is 14.0. The molecule has 0 radical (unpaired) electrons. The van der Waals surface area contributed by atoms with Gasteiger partial charge in [0.05, 0.1) is 21.3 Å². The molecule has 3 aromatic heterocycles. The van der Waals surface area contributed by atoms with Crippen LogP contribution in [0.25, 0.3) is 20.9 Å². The van der Waals surface area contributed by atoms with Crippen molar-refractivity contribution in [2.24, 2.45) is 0 Å². The van der Waals surface area contributed by atoms with Gasteiger partial charge in [0.15, 0.2) is 11.0 Å². The Morgan fingerprint density at radius 2 is 2.28 bits per heavy atom. The van der Waals surface area contributed by atoms with Crippen LogP contribution in [-0.4, -0.2) is 21.5 Å². The number of anilines is 2. The standard InChI is InChI=1S/C11H11N5S2/c1-2-13-10-8-6(3-4-17-8)15-9(16-10)7-5-14-11(12)18-7/h3-5H,2H2,1H3,(H2,12,14)(H,13,15,16). The molecule has 0 aliphatic rings. The van der Waals surface area contributed by atoms with E-state index in [4.69, 9.17) is 5.73 Å². The van der Waals surface area contributed by atoms with Crippen molar-refractivity contribution in [3.05, 3.63) is 17.6 Å². The lowest BCUT2D eigenvalue weighted by Crippen LogP contribution is -2.01. The maximum atomic E-state index is 5.64. The first-order valence-corrected chi connectivity index (χ1v) is 7.18. The summed E-state index contributed by atoms with van der Waals surface area (Å²) < 4.78 is 1.08. The molecule has 3 N–H and O–H groups in total. The first-order chi connectivity index (χ1) is 8.78. The second-order valence-corrected chi connectivity index (χ2v) is 5.60. The smallest absolute Gasteiger partial charge is 0.180 e. The summed E-state index contributed by atoms with van der Waals surface area (Å²) in [5.41, 5.74) is 6.60. The van der Waals surface area contributed by atoms with Crippen LogP contribution in [0.2, 0.25) is 0 Å². The zero-order valence-corrected chi connectivity index (χ0v) is 11.3. The van der Waals surface area contributed by atoms with Crippen molar-refractivity contribution < 1.29 is 0 Å². The SMILES string of the molecule is CCNc1nc(-c2cnc(N)s2)nc2ccsc12. The zero-order chi connectivity index (χ0) is 12.5. The third-order valence-corrected chi connectivity index (χ3v) is 4.12. The highest BCUT2D eigenvalue weighted by molar-refractivity contribution is 7.18. The average Bonchev–Trinajstić information content (AvgIpc) is 2.97. The molecule has 0 saturated heterocycles. The van der Waals surface area contributed by atoms with E-state index in [2.05, 4.69) is 20.3 Å². The van der Waals surface area contributed by atoms with Gasteiger partial charge in [-0.2, -0.15) is 0 Å². The van der Waals surface area contributed by atoms with Crippen LogP contribution in [0.3, 0.4) is 0 Å². The molecule has 0 spiro atoms. The normalized spacial score (nSPS) is 10.9. The van der Waals surface area contributed by atoms with Crippen LogP contribution in [0.1, 0.15) is 6.92 Å². The number of hydrogen-bond donors (Lipinski definition) is 2. The van der Waals surface area contributed by atoms with Crippen LogP contribution in [0.15, 0.2) is 17.6 Å². The number of hydrogen-bond acceptors (Lipinski definition) is 7. The van der Waals surface area contributed by atoms with E-state index >= 15 is 0 Å². The van der Waals surface area contributed by atoms with Gasteiger partial charge in [0.1, 0.15) is 5.82 Å². The van der Waals surface area contributed by atoms with Crippen molar-refractivity contribution in [2.45, 2.75) is 6.92 Å². The first kappa shape index (κ1) is 11.4. The molecule has 0 aromatic carbocycles. The minimum absolute atomic E-state index is 0.531. The number of thiazole rings is 1. The third kappa shape index (κ3) is 1.91. The van der Waals surface area contributed by atoms with E-state index in [-0.39, 0.29) is 0 Å². The van der Waals surface area contributed by atoms with Crippen molar-refractivity contribution >= 4 is 43.8 Å². The molecule has 92 valence electrons. The largest absolute Gasteiger partial charge is 0.375 e. The number of nitrogens with two attached hydrogens (primary N) is 1. The lowest BCUT2D eigenvalue weighted by atomic mass is 10.4. The Labute approximate surface area is 112 Å². The molecule has 0 aliphatic heterocycles. The maximum Gasteiger partial charge on any atom is 0.180 e. The molecular weight excluding hydrogens is 266 g/mol. The molecule has 0 atom stereocenters.